The Morgan fingerprint density at radius 3 is 2.46 bits per heavy atom. The molecule has 0 bridgehead atoms. The number of rotatable bonds is 5. The molecule has 1 N–H and O–H groups in total. The van der Waals surface area contributed by atoms with Gasteiger partial charge in [0.25, 0.3) is 5.91 Å². The molecule has 0 atom stereocenters. The van der Waals surface area contributed by atoms with Gasteiger partial charge in [0.15, 0.2) is 5.69 Å². The Balaban J connectivity index is 1.60. The van der Waals surface area contributed by atoms with Gasteiger partial charge in [0.2, 0.25) is 0 Å². The molecule has 0 saturated heterocycles. The first-order valence-electron chi connectivity index (χ1n) is 8.40. The zero-order valence-electron chi connectivity index (χ0n) is 14.9. The molecule has 0 spiro atoms. The minimum Gasteiger partial charge on any atom is -0.497 e. The Morgan fingerprint density at radius 1 is 1.00 bits per heavy atom. The van der Waals surface area contributed by atoms with E-state index in [0.717, 1.165) is 17.0 Å². The molecular formula is C20H15N5O3. The summed E-state index contributed by atoms with van der Waals surface area (Å²) in [6.45, 7) is 0. The maximum absolute atomic E-state index is 12.2. The number of benzene rings is 1. The van der Waals surface area contributed by atoms with Crippen molar-refractivity contribution in [2.24, 2.45) is 0 Å². The van der Waals surface area contributed by atoms with Crippen LogP contribution in [-0.4, -0.2) is 33.4 Å². The zero-order chi connectivity index (χ0) is 19.3. The molecule has 0 saturated carbocycles. The molecule has 3 aromatic heterocycles. The van der Waals surface area contributed by atoms with Gasteiger partial charge in [-0.15, -0.1) is 10.2 Å². The fourth-order valence-corrected chi connectivity index (χ4v) is 2.60. The van der Waals surface area contributed by atoms with Crippen molar-refractivity contribution in [1.82, 2.24) is 20.3 Å². The Morgan fingerprint density at radius 2 is 1.79 bits per heavy atom. The van der Waals surface area contributed by atoms with Crippen LogP contribution in [0.4, 0.5) is 5.69 Å². The van der Waals surface area contributed by atoms with Crippen LogP contribution in [0.25, 0.3) is 22.6 Å². The van der Waals surface area contributed by atoms with Gasteiger partial charge in [0, 0.05) is 17.8 Å². The van der Waals surface area contributed by atoms with Gasteiger partial charge in [0.1, 0.15) is 23.4 Å². The highest BCUT2D eigenvalue weighted by atomic mass is 16.5. The molecule has 4 aromatic rings. The van der Waals surface area contributed by atoms with Gasteiger partial charge in [-0.05, 0) is 48.5 Å². The summed E-state index contributed by atoms with van der Waals surface area (Å²) >= 11 is 0. The summed E-state index contributed by atoms with van der Waals surface area (Å²) in [6.07, 6.45) is 2.96. The second-order valence-electron chi connectivity index (χ2n) is 5.77. The van der Waals surface area contributed by atoms with Crippen molar-refractivity contribution < 1.29 is 14.1 Å². The molecule has 0 fully saturated rings. The number of pyridine rings is 1. The van der Waals surface area contributed by atoms with E-state index in [4.69, 9.17) is 9.26 Å². The predicted octanol–water partition coefficient (Wildman–Crippen LogP) is 3.45. The number of hydrogen-bond acceptors (Lipinski definition) is 7. The molecule has 1 aromatic carbocycles. The standard InChI is InChI=1S/C20H15N5O3/c1-27-14-6-4-13(5-7-14)15-8-9-17(24-23-15)19-16(3-2-11-21-19)22-20(26)18-10-12-28-25-18/h2-12H,1H3,(H,22,26). The maximum atomic E-state index is 12.2. The lowest BCUT2D eigenvalue weighted by atomic mass is 10.1. The van der Waals surface area contributed by atoms with E-state index in [1.165, 1.54) is 12.3 Å². The van der Waals surface area contributed by atoms with Crippen LogP contribution < -0.4 is 10.1 Å². The van der Waals surface area contributed by atoms with E-state index in [9.17, 15) is 4.79 Å². The summed E-state index contributed by atoms with van der Waals surface area (Å²) in [5.74, 6) is 0.375. The minimum atomic E-state index is -0.397. The number of carbonyl (C=O) groups is 1. The van der Waals surface area contributed by atoms with E-state index in [2.05, 4.69) is 25.7 Å². The van der Waals surface area contributed by atoms with E-state index in [1.54, 1.807) is 31.5 Å². The smallest absolute Gasteiger partial charge is 0.277 e. The van der Waals surface area contributed by atoms with Crippen molar-refractivity contribution in [1.29, 1.82) is 0 Å². The molecule has 4 rings (SSSR count). The van der Waals surface area contributed by atoms with E-state index >= 15 is 0 Å². The van der Waals surface area contributed by atoms with Crippen molar-refractivity contribution in [3.63, 3.8) is 0 Å². The van der Waals surface area contributed by atoms with Crippen LogP contribution >= 0.6 is 0 Å². The quantitative estimate of drug-likeness (QED) is 0.571. The van der Waals surface area contributed by atoms with Gasteiger partial charge in [-0.2, -0.15) is 0 Å². The van der Waals surface area contributed by atoms with Crippen LogP contribution in [-0.2, 0) is 0 Å². The second-order valence-corrected chi connectivity index (χ2v) is 5.77. The summed E-state index contributed by atoms with van der Waals surface area (Å²) in [7, 11) is 1.62. The highest BCUT2D eigenvalue weighted by Crippen LogP contribution is 2.26. The van der Waals surface area contributed by atoms with Gasteiger partial charge in [0.05, 0.1) is 18.5 Å². The van der Waals surface area contributed by atoms with E-state index in [1.807, 2.05) is 30.3 Å². The third-order valence-electron chi connectivity index (χ3n) is 4.02. The molecule has 0 radical (unpaired) electrons. The summed E-state index contributed by atoms with van der Waals surface area (Å²) in [5.41, 5.74) is 3.36. The zero-order valence-corrected chi connectivity index (χ0v) is 14.9. The molecule has 8 heteroatoms. The van der Waals surface area contributed by atoms with Crippen molar-refractivity contribution in [3.8, 4) is 28.4 Å². The molecule has 1 amide bonds. The first-order chi connectivity index (χ1) is 13.7. The molecule has 8 nitrogen and oxygen atoms in total. The number of aromatic nitrogens is 4. The van der Waals surface area contributed by atoms with Crippen LogP contribution in [0.5, 0.6) is 5.75 Å². The summed E-state index contributed by atoms with van der Waals surface area (Å²) < 4.78 is 9.87. The lowest BCUT2D eigenvalue weighted by Crippen LogP contribution is -2.13. The van der Waals surface area contributed by atoms with Crippen LogP contribution in [0.1, 0.15) is 10.5 Å². The predicted molar refractivity (Wildman–Crippen MR) is 102 cm³/mol. The molecule has 138 valence electrons. The van der Waals surface area contributed by atoms with Crippen LogP contribution in [0.2, 0.25) is 0 Å². The second kappa shape index (κ2) is 7.67. The molecule has 0 aliphatic carbocycles. The SMILES string of the molecule is COc1ccc(-c2ccc(-c3ncccc3NC(=O)c3ccon3)nn2)cc1. The third-order valence-corrected chi connectivity index (χ3v) is 4.02. The molecular weight excluding hydrogens is 358 g/mol. The van der Waals surface area contributed by atoms with Crippen LogP contribution in [0, 0.1) is 0 Å². The van der Waals surface area contributed by atoms with Crippen molar-refractivity contribution in [2.75, 3.05) is 12.4 Å². The lowest BCUT2D eigenvalue weighted by Gasteiger charge is -2.09. The fourth-order valence-electron chi connectivity index (χ4n) is 2.60. The molecule has 0 unspecified atom stereocenters. The number of hydrogen-bond donors (Lipinski definition) is 1. The van der Waals surface area contributed by atoms with Crippen molar-refractivity contribution >= 4 is 11.6 Å². The van der Waals surface area contributed by atoms with Crippen LogP contribution in [0.15, 0.2) is 71.6 Å². The van der Waals surface area contributed by atoms with E-state index in [0.29, 0.717) is 17.1 Å². The van der Waals surface area contributed by atoms with Gasteiger partial charge < -0.3 is 14.6 Å². The number of nitrogens with one attached hydrogen (secondary N) is 1. The third kappa shape index (κ3) is 3.56. The number of methoxy groups -OCH3 is 1. The van der Waals surface area contributed by atoms with Gasteiger partial charge in [-0.25, -0.2) is 0 Å². The number of ether oxygens (including phenoxy) is 1. The Kier molecular flexibility index (Phi) is 4.75. The topological polar surface area (TPSA) is 103 Å². The molecule has 28 heavy (non-hydrogen) atoms. The van der Waals surface area contributed by atoms with Crippen molar-refractivity contribution in [2.45, 2.75) is 0 Å². The van der Waals surface area contributed by atoms with E-state index in [-0.39, 0.29) is 5.69 Å². The Bertz CT molecular complexity index is 1080. The number of anilines is 1. The van der Waals surface area contributed by atoms with Crippen molar-refractivity contribution in [3.05, 3.63) is 72.8 Å². The summed E-state index contributed by atoms with van der Waals surface area (Å²) in [5, 5.41) is 14.9. The molecule has 0 aliphatic rings. The normalized spacial score (nSPS) is 10.5. The average molecular weight is 373 g/mol. The largest absolute Gasteiger partial charge is 0.497 e. The fraction of sp³-hybridized carbons (Fsp3) is 0.0500. The summed E-state index contributed by atoms with van der Waals surface area (Å²) in [6, 6.07) is 16.1. The first kappa shape index (κ1) is 17.3. The molecule has 0 aliphatic heterocycles. The highest BCUT2D eigenvalue weighted by molar-refractivity contribution is 6.04. The molecule has 3 heterocycles. The van der Waals surface area contributed by atoms with Gasteiger partial charge >= 0.3 is 0 Å². The highest BCUT2D eigenvalue weighted by Gasteiger charge is 2.14. The van der Waals surface area contributed by atoms with E-state index < -0.39 is 5.91 Å². The Hall–Kier alpha value is -4.07. The minimum absolute atomic E-state index is 0.177. The average Bonchev–Trinajstić information content (AvgIpc) is 3.30. The number of carbonyl (C=O) groups excluding carboxylic acids is 1. The van der Waals surface area contributed by atoms with Gasteiger partial charge in [-0.3, -0.25) is 9.78 Å². The number of nitrogens with zero attached hydrogens (tertiary/aromatic N) is 4. The Labute approximate surface area is 160 Å². The first-order valence-corrected chi connectivity index (χ1v) is 8.40. The monoisotopic (exact) mass is 373 g/mol. The summed E-state index contributed by atoms with van der Waals surface area (Å²) in [4.78, 5) is 16.6. The lowest BCUT2D eigenvalue weighted by molar-refractivity contribution is 0.101. The van der Waals surface area contributed by atoms with Crippen LogP contribution in [0.3, 0.4) is 0 Å². The maximum Gasteiger partial charge on any atom is 0.277 e. The number of amides is 1. The van der Waals surface area contributed by atoms with Gasteiger partial charge in [-0.1, -0.05) is 5.16 Å².